The van der Waals surface area contributed by atoms with Crippen LogP contribution in [-0.2, 0) is 14.6 Å². The summed E-state index contributed by atoms with van der Waals surface area (Å²) in [6, 6.07) is -0.498. The van der Waals surface area contributed by atoms with Gasteiger partial charge >= 0.3 is 0 Å². The standard InChI is InChI=1S/C13H26N2O3S/c1-9(12(16)15-13(2,3)4)14-10-7-6-8-11(10)19(5,17)18/h9-11,14H,6-8H2,1-5H3,(H,15,16). The molecule has 1 rings (SSSR count). The van der Waals surface area contributed by atoms with Crippen molar-refractivity contribution < 1.29 is 13.2 Å². The first-order chi connectivity index (χ1) is 8.50. The normalized spacial score (nSPS) is 26.2. The Morgan fingerprint density at radius 3 is 2.32 bits per heavy atom. The molecule has 1 amide bonds. The van der Waals surface area contributed by atoms with Gasteiger partial charge in [-0.1, -0.05) is 6.42 Å². The minimum atomic E-state index is -3.05. The van der Waals surface area contributed by atoms with Gasteiger partial charge in [0.2, 0.25) is 5.91 Å². The molecule has 0 aromatic rings. The lowest BCUT2D eigenvalue weighted by atomic mass is 10.1. The average Bonchev–Trinajstić information content (AvgIpc) is 2.62. The van der Waals surface area contributed by atoms with Crippen molar-refractivity contribution in [1.82, 2.24) is 10.6 Å². The zero-order valence-corrected chi connectivity index (χ0v) is 13.3. The van der Waals surface area contributed by atoms with Crippen LogP contribution in [0.5, 0.6) is 0 Å². The second-order valence-corrected chi connectivity index (χ2v) is 8.80. The lowest BCUT2D eigenvalue weighted by Crippen LogP contribution is -2.53. The Morgan fingerprint density at radius 2 is 1.84 bits per heavy atom. The van der Waals surface area contributed by atoms with E-state index in [1.807, 2.05) is 20.8 Å². The summed E-state index contributed by atoms with van der Waals surface area (Å²) >= 11 is 0. The van der Waals surface area contributed by atoms with Crippen molar-refractivity contribution in [3.05, 3.63) is 0 Å². The smallest absolute Gasteiger partial charge is 0.237 e. The molecule has 19 heavy (non-hydrogen) atoms. The van der Waals surface area contributed by atoms with Gasteiger partial charge in [0.15, 0.2) is 9.84 Å². The summed E-state index contributed by atoms with van der Waals surface area (Å²) in [5, 5.41) is 5.70. The van der Waals surface area contributed by atoms with E-state index in [0.29, 0.717) is 6.42 Å². The minimum Gasteiger partial charge on any atom is -0.350 e. The van der Waals surface area contributed by atoms with Crippen LogP contribution >= 0.6 is 0 Å². The predicted molar refractivity (Wildman–Crippen MR) is 76.8 cm³/mol. The molecule has 0 aromatic carbocycles. The van der Waals surface area contributed by atoms with Crippen molar-refractivity contribution in [2.24, 2.45) is 0 Å². The van der Waals surface area contributed by atoms with E-state index in [4.69, 9.17) is 0 Å². The zero-order valence-electron chi connectivity index (χ0n) is 12.5. The topological polar surface area (TPSA) is 75.3 Å². The highest BCUT2D eigenvalue weighted by Gasteiger charge is 2.36. The molecule has 1 aliphatic carbocycles. The third-order valence-electron chi connectivity index (χ3n) is 3.36. The molecule has 0 spiro atoms. The van der Waals surface area contributed by atoms with E-state index >= 15 is 0 Å². The van der Waals surface area contributed by atoms with Crippen LogP contribution in [0.15, 0.2) is 0 Å². The van der Waals surface area contributed by atoms with Crippen LogP contribution in [0.3, 0.4) is 0 Å². The summed E-state index contributed by atoms with van der Waals surface area (Å²) in [7, 11) is -3.05. The lowest BCUT2D eigenvalue weighted by molar-refractivity contribution is -0.124. The van der Waals surface area contributed by atoms with Crippen LogP contribution in [0, 0.1) is 0 Å². The van der Waals surface area contributed by atoms with Gasteiger partial charge in [-0.3, -0.25) is 4.79 Å². The molecule has 2 N–H and O–H groups in total. The van der Waals surface area contributed by atoms with Crippen LogP contribution in [0.2, 0.25) is 0 Å². The SMILES string of the molecule is CC(NC1CCCC1S(C)(=O)=O)C(=O)NC(C)(C)C. The van der Waals surface area contributed by atoms with Gasteiger partial charge in [0.25, 0.3) is 0 Å². The Balaban J connectivity index is 2.61. The minimum absolute atomic E-state index is 0.0911. The van der Waals surface area contributed by atoms with Gasteiger partial charge in [-0.2, -0.15) is 0 Å². The Morgan fingerprint density at radius 1 is 1.26 bits per heavy atom. The monoisotopic (exact) mass is 290 g/mol. The van der Waals surface area contributed by atoms with Crippen LogP contribution in [0.1, 0.15) is 47.0 Å². The van der Waals surface area contributed by atoms with Gasteiger partial charge in [0.1, 0.15) is 0 Å². The van der Waals surface area contributed by atoms with E-state index in [9.17, 15) is 13.2 Å². The van der Waals surface area contributed by atoms with Gasteiger partial charge in [-0.15, -0.1) is 0 Å². The maximum atomic E-state index is 12.0. The van der Waals surface area contributed by atoms with Crippen molar-refractivity contribution in [2.75, 3.05) is 6.26 Å². The average molecular weight is 290 g/mol. The van der Waals surface area contributed by atoms with E-state index in [1.165, 1.54) is 6.26 Å². The molecule has 0 aromatic heterocycles. The number of carbonyl (C=O) groups excluding carboxylic acids is 1. The summed E-state index contributed by atoms with van der Waals surface area (Å²) < 4.78 is 23.4. The van der Waals surface area contributed by atoms with Gasteiger partial charge in [-0.25, -0.2) is 8.42 Å². The molecule has 0 aliphatic heterocycles. The highest BCUT2D eigenvalue weighted by Crippen LogP contribution is 2.25. The zero-order chi connectivity index (χ0) is 14.8. The van der Waals surface area contributed by atoms with E-state index in [-0.39, 0.29) is 28.8 Å². The van der Waals surface area contributed by atoms with Gasteiger partial charge < -0.3 is 10.6 Å². The third kappa shape index (κ3) is 5.10. The largest absolute Gasteiger partial charge is 0.350 e. The number of sulfone groups is 1. The highest BCUT2D eigenvalue weighted by atomic mass is 32.2. The van der Waals surface area contributed by atoms with Crippen molar-refractivity contribution in [3.63, 3.8) is 0 Å². The molecule has 6 heteroatoms. The first-order valence-electron chi connectivity index (χ1n) is 6.77. The van der Waals surface area contributed by atoms with E-state index in [1.54, 1.807) is 6.92 Å². The van der Waals surface area contributed by atoms with E-state index in [0.717, 1.165) is 12.8 Å². The number of hydrogen-bond donors (Lipinski definition) is 2. The first kappa shape index (κ1) is 16.4. The van der Waals surface area contributed by atoms with Crippen LogP contribution in [0.25, 0.3) is 0 Å². The Labute approximate surface area is 116 Å². The van der Waals surface area contributed by atoms with Crippen LogP contribution < -0.4 is 10.6 Å². The molecule has 0 saturated heterocycles. The third-order valence-corrected chi connectivity index (χ3v) is 5.02. The fourth-order valence-electron chi connectivity index (χ4n) is 2.50. The fourth-order valence-corrected chi connectivity index (χ4v) is 3.91. The number of carbonyl (C=O) groups is 1. The van der Waals surface area contributed by atoms with E-state index in [2.05, 4.69) is 10.6 Å². The number of hydrogen-bond acceptors (Lipinski definition) is 4. The summed E-state index contributed by atoms with van der Waals surface area (Å²) in [5.41, 5.74) is -0.279. The van der Waals surface area contributed by atoms with E-state index < -0.39 is 9.84 Å². The molecule has 3 unspecified atom stereocenters. The number of rotatable bonds is 4. The summed E-state index contributed by atoms with van der Waals surface area (Å²) in [4.78, 5) is 12.0. The molecule has 0 radical (unpaired) electrons. The molecule has 1 saturated carbocycles. The maximum absolute atomic E-state index is 12.0. The molecule has 0 heterocycles. The Bertz CT molecular complexity index is 426. The first-order valence-corrected chi connectivity index (χ1v) is 8.73. The Hall–Kier alpha value is -0.620. The molecular weight excluding hydrogens is 264 g/mol. The van der Waals surface area contributed by atoms with Crippen molar-refractivity contribution in [1.29, 1.82) is 0 Å². The Kier molecular flexibility index (Phi) is 5.01. The molecular formula is C13H26N2O3S. The number of amides is 1. The summed E-state index contributed by atoms with van der Waals surface area (Å²) in [5.74, 6) is -0.0911. The molecule has 3 atom stereocenters. The lowest BCUT2D eigenvalue weighted by Gasteiger charge is -2.27. The fraction of sp³-hybridized carbons (Fsp3) is 0.923. The molecule has 1 aliphatic rings. The second kappa shape index (κ2) is 5.79. The highest BCUT2D eigenvalue weighted by molar-refractivity contribution is 7.91. The molecule has 1 fully saturated rings. The quantitative estimate of drug-likeness (QED) is 0.805. The maximum Gasteiger partial charge on any atom is 0.237 e. The van der Waals surface area contributed by atoms with Gasteiger partial charge in [-0.05, 0) is 40.5 Å². The van der Waals surface area contributed by atoms with Crippen molar-refractivity contribution in [3.8, 4) is 0 Å². The second-order valence-electron chi connectivity index (χ2n) is 6.53. The van der Waals surface area contributed by atoms with Crippen LogP contribution in [0.4, 0.5) is 0 Å². The van der Waals surface area contributed by atoms with Crippen molar-refractivity contribution >= 4 is 15.7 Å². The van der Waals surface area contributed by atoms with Gasteiger partial charge in [0, 0.05) is 17.8 Å². The van der Waals surface area contributed by atoms with Crippen molar-refractivity contribution in [2.45, 2.75) is 69.8 Å². The van der Waals surface area contributed by atoms with Gasteiger partial charge in [0.05, 0.1) is 11.3 Å². The van der Waals surface area contributed by atoms with Crippen LogP contribution in [-0.4, -0.2) is 43.5 Å². The predicted octanol–water partition coefficient (Wildman–Crippen LogP) is 0.845. The summed E-state index contributed by atoms with van der Waals surface area (Å²) in [6.45, 7) is 7.55. The summed E-state index contributed by atoms with van der Waals surface area (Å²) in [6.07, 6.45) is 3.66. The molecule has 5 nitrogen and oxygen atoms in total. The number of nitrogens with one attached hydrogen (secondary N) is 2. The molecule has 0 bridgehead atoms. The molecule has 112 valence electrons.